The summed E-state index contributed by atoms with van der Waals surface area (Å²) in [5.41, 5.74) is 2.38. The molecule has 2 heterocycles. The van der Waals surface area contributed by atoms with Crippen LogP contribution in [-0.2, 0) is 4.74 Å². The molecule has 3 heteroatoms. The molecule has 2 aliphatic heterocycles. The zero-order chi connectivity index (χ0) is 15.7. The molecular weight excluding hydrogens is 284 g/mol. The number of piperidine rings is 1. The van der Waals surface area contributed by atoms with Gasteiger partial charge in [-0.1, -0.05) is 43.3 Å². The van der Waals surface area contributed by atoms with Crippen LogP contribution in [0.15, 0.2) is 60.7 Å². The van der Waals surface area contributed by atoms with Crippen LogP contribution in [0.1, 0.15) is 19.8 Å². The van der Waals surface area contributed by atoms with Crippen LogP contribution in [0.3, 0.4) is 0 Å². The summed E-state index contributed by atoms with van der Waals surface area (Å²) < 4.78 is 6.09. The fraction of sp³-hybridized carbons (Fsp3) is 0.400. The summed E-state index contributed by atoms with van der Waals surface area (Å²) in [6.07, 6.45) is 2.51. The van der Waals surface area contributed by atoms with Crippen molar-refractivity contribution in [1.29, 1.82) is 0 Å². The average molecular weight is 308 g/mol. The zero-order valence-electron chi connectivity index (χ0n) is 13.7. The van der Waals surface area contributed by atoms with Crippen molar-refractivity contribution in [3.05, 3.63) is 60.7 Å². The lowest BCUT2D eigenvalue weighted by atomic mass is 9.98. The molecule has 0 N–H and O–H groups in total. The van der Waals surface area contributed by atoms with Crippen molar-refractivity contribution in [2.24, 2.45) is 5.92 Å². The van der Waals surface area contributed by atoms with Crippen molar-refractivity contribution in [2.45, 2.75) is 25.6 Å². The molecule has 1 unspecified atom stereocenters. The van der Waals surface area contributed by atoms with E-state index in [4.69, 9.17) is 4.74 Å². The lowest BCUT2D eigenvalue weighted by molar-refractivity contribution is 0.0515. The summed E-state index contributed by atoms with van der Waals surface area (Å²) in [5, 5.41) is 0. The van der Waals surface area contributed by atoms with Crippen LogP contribution in [-0.4, -0.2) is 30.4 Å². The predicted octanol–water partition coefficient (Wildman–Crippen LogP) is 4.24. The quantitative estimate of drug-likeness (QED) is 0.787. The van der Waals surface area contributed by atoms with Gasteiger partial charge in [-0.15, -0.1) is 0 Å². The Morgan fingerprint density at radius 2 is 1.39 bits per heavy atom. The summed E-state index contributed by atoms with van der Waals surface area (Å²) in [5.74, 6) is 0.520. The molecule has 0 amide bonds. The van der Waals surface area contributed by atoms with E-state index in [0.29, 0.717) is 0 Å². The van der Waals surface area contributed by atoms with E-state index in [1.54, 1.807) is 0 Å². The molecule has 2 aromatic carbocycles. The van der Waals surface area contributed by atoms with Crippen molar-refractivity contribution in [3.8, 4) is 0 Å². The Hall–Kier alpha value is -1.84. The summed E-state index contributed by atoms with van der Waals surface area (Å²) in [6, 6.07) is 21.2. The number of hydrogen-bond acceptors (Lipinski definition) is 3. The van der Waals surface area contributed by atoms with Gasteiger partial charge in [0.2, 0.25) is 5.85 Å². The van der Waals surface area contributed by atoms with Gasteiger partial charge in [-0.25, -0.2) is 0 Å². The number of anilines is 2. The molecule has 1 atom stereocenters. The number of epoxide rings is 1. The second kappa shape index (κ2) is 5.99. The largest absolute Gasteiger partial charge is 0.334 e. The summed E-state index contributed by atoms with van der Waals surface area (Å²) in [4.78, 5) is 4.88. The maximum Gasteiger partial charge on any atom is 0.229 e. The first-order valence-electron chi connectivity index (χ1n) is 8.59. The Bertz CT molecular complexity index is 592. The number of benzene rings is 2. The van der Waals surface area contributed by atoms with Gasteiger partial charge in [-0.3, -0.25) is 9.80 Å². The van der Waals surface area contributed by atoms with Crippen molar-refractivity contribution in [2.75, 3.05) is 24.6 Å². The van der Waals surface area contributed by atoms with E-state index in [1.807, 2.05) is 0 Å². The number of rotatable bonds is 4. The third-order valence-corrected chi connectivity index (χ3v) is 5.06. The second-order valence-corrected chi connectivity index (χ2v) is 6.71. The van der Waals surface area contributed by atoms with Crippen LogP contribution in [0.25, 0.3) is 0 Å². The number of nitrogens with zero attached hydrogens (tertiary/aromatic N) is 2. The van der Waals surface area contributed by atoms with Gasteiger partial charge in [0.1, 0.15) is 6.61 Å². The average Bonchev–Trinajstić information content (AvgIpc) is 3.39. The summed E-state index contributed by atoms with van der Waals surface area (Å²) in [6.45, 7) is 5.34. The number of para-hydroxylation sites is 2. The topological polar surface area (TPSA) is 19.0 Å². The van der Waals surface area contributed by atoms with Gasteiger partial charge < -0.3 is 4.74 Å². The van der Waals surface area contributed by atoms with Crippen molar-refractivity contribution >= 4 is 11.4 Å². The normalized spacial score (nSPS) is 25.3. The Morgan fingerprint density at radius 3 is 1.83 bits per heavy atom. The van der Waals surface area contributed by atoms with E-state index in [0.717, 1.165) is 25.6 Å². The first-order valence-corrected chi connectivity index (χ1v) is 8.59. The molecule has 23 heavy (non-hydrogen) atoms. The Labute approximate surface area is 138 Å². The van der Waals surface area contributed by atoms with E-state index in [-0.39, 0.29) is 5.85 Å². The molecular formula is C20H24N2O. The molecule has 0 bridgehead atoms. The maximum atomic E-state index is 6.09. The molecule has 2 aliphatic rings. The lowest BCUT2D eigenvalue weighted by Crippen LogP contribution is -2.53. The minimum atomic E-state index is -0.303. The molecule has 0 radical (unpaired) electrons. The zero-order valence-corrected chi connectivity index (χ0v) is 13.7. The molecule has 0 aromatic heterocycles. The molecule has 4 rings (SSSR count). The molecule has 2 aromatic rings. The predicted molar refractivity (Wildman–Crippen MR) is 93.7 cm³/mol. The third-order valence-electron chi connectivity index (χ3n) is 5.06. The highest BCUT2D eigenvalue weighted by atomic mass is 16.6. The molecule has 3 nitrogen and oxygen atoms in total. The van der Waals surface area contributed by atoms with Gasteiger partial charge in [0.25, 0.3) is 0 Å². The van der Waals surface area contributed by atoms with Gasteiger partial charge in [0.05, 0.1) is 0 Å². The van der Waals surface area contributed by atoms with Gasteiger partial charge in [0, 0.05) is 24.5 Å². The number of ether oxygens (including phenoxy) is 1. The SMILES string of the molecule is CC1CCN(C2(N(c3ccccc3)c3ccccc3)CO2)CC1. The van der Waals surface area contributed by atoms with Crippen LogP contribution < -0.4 is 4.90 Å². The molecule has 120 valence electrons. The minimum absolute atomic E-state index is 0.303. The standard InChI is InChI=1S/C20H24N2O/c1-17-12-14-21(15-13-17)20(16-23-20)22(18-8-4-2-5-9-18)19-10-6-3-7-11-19/h2-11,17H,12-16H2,1H3. The first kappa shape index (κ1) is 14.7. The minimum Gasteiger partial charge on any atom is -0.334 e. The highest BCUT2D eigenvalue weighted by molar-refractivity contribution is 5.65. The van der Waals surface area contributed by atoms with Gasteiger partial charge in [-0.2, -0.15) is 0 Å². The summed E-state index contributed by atoms with van der Waals surface area (Å²) >= 11 is 0. The molecule has 0 aliphatic carbocycles. The van der Waals surface area contributed by atoms with Crippen LogP contribution in [0.2, 0.25) is 0 Å². The summed E-state index contributed by atoms with van der Waals surface area (Å²) in [7, 11) is 0. The van der Waals surface area contributed by atoms with Gasteiger partial charge >= 0.3 is 0 Å². The van der Waals surface area contributed by atoms with Crippen molar-refractivity contribution < 1.29 is 4.74 Å². The van der Waals surface area contributed by atoms with E-state index in [1.165, 1.54) is 24.2 Å². The van der Waals surface area contributed by atoms with Crippen LogP contribution >= 0.6 is 0 Å². The van der Waals surface area contributed by atoms with E-state index in [9.17, 15) is 0 Å². The Kier molecular flexibility index (Phi) is 3.83. The highest BCUT2D eigenvalue weighted by Crippen LogP contribution is 2.45. The van der Waals surface area contributed by atoms with Gasteiger partial charge in [-0.05, 0) is 43.0 Å². The van der Waals surface area contributed by atoms with Crippen molar-refractivity contribution in [3.63, 3.8) is 0 Å². The fourth-order valence-electron chi connectivity index (χ4n) is 3.58. The Balaban J connectivity index is 1.71. The maximum absolute atomic E-state index is 6.09. The Morgan fingerprint density at radius 1 is 0.913 bits per heavy atom. The monoisotopic (exact) mass is 308 g/mol. The smallest absolute Gasteiger partial charge is 0.229 e. The number of hydrogen-bond donors (Lipinski definition) is 0. The second-order valence-electron chi connectivity index (χ2n) is 6.71. The molecule has 2 saturated heterocycles. The van der Waals surface area contributed by atoms with Crippen LogP contribution in [0.4, 0.5) is 11.4 Å². The van der Waals surface area contributed by atoms with Crippen LogP contribution in [0, 0.1) is 5.92 Å². The van der Waals surface area contributed by atoms with Gasteiger partial charge in [0.15, 0.2) is 0 Å². The third kappa shape index (κ3) is 2.75. The van der Waals surface area contributed by atoms with Crippen molar-refractivity contribution in [1.82, 2.24) is 4.90 Å². The molecule has 0 saturated carbocycles. The number of likely N-dealkylation sites (tertiary alicyclic amines) is 1. The van der Waals surface area contributed by atoms with E-state index in [2.05, 4.69) is 77.4 Å². The highest BCUT2D eigenvalue weighted by Gasteiger charge is 2.56. The lowest BCUT2D eigenvalue weighted by Gasteiger charge is -2.41. The molecule has 0 spiro atoms. The van der Waals surface area contributed by atoms with E-state index < -0.39 is 0 Å². The van der Waals surface area contributed by atoms with E-state index >= 15 is 0 Å². The molecule has 2 fully saturated rings. The fourth-order valence-corrected chi connectivity index (χ4v) is 3.58. The first-order chi connectivity index (χ1) is 11.3. The van der Waals surface area contributed by atoms with Crippen LogP contribution in [0.5, 0.6) is 0 Å².